The van der Waals surface area contributed by atoms with Gasteiger partial charge in [-0.1, -0.05) is 43.9 Å². The van der Waals surface area contributed by atoms with Crippen LogP contribution in [-0.2, 0) is 12.7 Å². The standard InChI is InChI=1S/C25H22F3N3/c1-16(2)5-6-19-7-9-20(10-8-19)15-31-18(4)17(3)24(30-31)21-11-12-22(14-29)23(13-21)25(26,27)28/h7-13,16H,15H2,1-4H3. The van der Waals surface area contributed by atoms with Crippen molar-refractivity contribution < 1.29 is 13.2 Å². The topological polar surface area (TPSA) is 41.6 Å². The largest absolute Gasteiger partial charge is 0.417 e. The van der Waals surface area contributed by atoms with Crippen molar-refractivity contribution >= 4 is 0 Å². The first-order chi connectivity index (χ1) is 14.6. The molecule has 0 saturated heterocycles. The Morgan fingerprint density at radius 2 is 1.74 bits per heavy atom. The number of nitriles is 1. The van der Waals surface area contributed by atoms with E-state index in [9.17, 15) is 13.2 Å². The molecule has 2 aromatic carbocycles. The fourth-order valence-corrected chi connectivity index (χ4v) is 3.18. The molecular formula is C25H22F3N3. The van der Waals surface area contributed by atoms with Gasteiger partial charge >= 0.3 is 6.18 Å². The van der Waals surface area contributed by atoms with Crippen LogP contribution in [0.25, 0.3) is 11.3 Å². The lowest BCUT2D eigenvalue weighted by Gasteiger charge is -2.10. The van der Waals surface area contributed by atoms with Crippen molar-refractivity contribution in [1.29, 1.82) is 5.26 Å². The third kappa shape index (κ3) is 4.98. The molecule has 0 amide bonds. The monoisotopic (exact) mass is 421 g/mol. The summed E-state index contributed by atoms with van der Waals surface area (Å²) in [5.74, 6) is 6.54. The summed E-state index contributed by atoms with van der Waals surface area (Å²) in [6.07, 6.45) is -4.60. The molecule has 1 aromatic heterocycles. The van der Waals surface area contributed by atoms with Gasteiger partial charge in [0, 0.05) is 22.7 Å². The van der Waals surface area contributed by atoms with Gasteiger partial charge in [0.05, 0.1) is 29.4 Å². The Morgan fingerprint density at radius 1 is 1.06 bits per heavy atom. The lowest BCUT2D eigenvalue weighted by atomic mass is 10.0. The van der Waals surface area contributed by atoms with E-state index in [1.54, 1.807) is 10.8 Å². The number of aromatic nitrogens is 2. The second-order valence-electron chi connectivity index (χ2n) is 7.71. The van der Waals surface area contributed by atoms with Gasteiger partial charge in [0.15, 0.2) is 0 Å². The number of rotatable bonds is 3. The van der Waals surface area contributed by atoms with Gasteiger partial charge in [0.1, 0.15) is 0 Å². The summed E-state index contributed by atoms with van der Waals surface area (Å²) in [6, 6.07) is 13.2. The number of benzene rings is 2. The Balaban J connectivity index is 1.93. The van der Waals surface area contributed by atoms with Crippen molar-refractivity contribution in [2.24, 2.45) is 5.92 Å². The highest BCUT2D eigenvalue weighted by Gasteiger charge is 2.34. The van der Waals surface area contributed by atoms with Crippen molar-refractivity contribution in [2.45, 2.75) is 40.4 Å². The van der Waals surface area contributed by atoms with Crippen molar-refractivity contribution in [2.75, 3.05) is 0 Å². The van der Waals surface area contributed by atoms with E-state index in [0.717, 1.165) is 28.5 Å². The number of nitrogens with zero attached hydrogens (tertiary/aromatic N) is 3. The number of alkyl halides is 3. The second-order valence-corrected chi connectivity index (χ2v) is 7.71. The first kappa shape index (κ1) is 22.2. The average molecular weight is 421 g/mol. The zero-order chi connectivity index (χ0) is 22.8. The zero-order valence-electron chi connectivity index (χ0n) is 17.8. The van der Waals surface area contributed by atoms with Crippen LogP contribution in [0.5, 0.6) is 0 Å². The highest BCUT2D eigenvalue weighted by molar-refractivity contribution is 5.66. The minimum absolute atomic E-state index is 0.299. The third-order valence-corrected chi connectivity index (χ3v) is 5.02. The lowest BCUT2D eigenvalue weighted by Crippen LogP contribution is -2.08. The van der Waals surface area contributed by atoms with Crippen LogP contribution in [-0.4, -0.2) is 9.78 Å². The van der Waals surface area contributed by atoms with E-state index in [1.807, 2.05) is 52.0 Å². The normalized spacial score (nSPS) is 11.2. The Bertz CT molecular complexity index is 1200. The van der Waals surface area contributed by atoms with Crippen LogP contribution in [0.1, 0.15) is 47.4 Å². The quantitative estimate of drug-likeness (QED) is 0.479. The molecule has 3 rings (SSSR count). The molecule has 0 fully saturated rings. The summed E-state index contributed by atoms with van der Waals surface area (Å²) in [5.41, 5.74) is 3.10. The summed E-state index contributed by atoms with van der Waals surface area (Å²) >= 11 is 0. The lowest BCUT2D eigenvalue weighted by molar-refractivity contribution is -0.137. The summed E-state index contributed by atoms with van der Waals surface area (Å²) in [6.45, 7) is 8.29. The predicted molar refractivity (Wildman–Crippen MR) is 114 cm³/mol. The second kappa shape index (κ2) is 8.70. The molecule has 0 aliphatic rings. The Hall–Kier alpha value is -3.51. The molecule has 0 aliphatic heterocycles. The zero-order valence-corrected chi connectivity index (χ0v) is 17.8. The van der Waals surface area contributed by atoms with E-state index in [-0.39, 0.29) is 0 Å². The van der Waals surface area contributed by atoms with Crippen molar-refractivity contribution in [3.8, 4) is 29.2 Å². The van der Waals surface area contributed by atoms with Crippen LogP contribution in [0.2, 0.25) is 0 Å². The molecule has 0 N–H and O–H groups in total. The molecule has 3 aromatic rings. The molecule has 31 heavy (non-hydrogen) atoms. The summed E-state index contributed by atoms with van der Waals surface area (Å²) in [4.78, 5) is 0. The smallest absolute Gasteiger partial charge is 0.265 e. The Morgan fingerprint density at radius 3 is 2.32 bits per heavy atom. The SMILES string of the molecule is Cc1c(-c2ccc(C#N)c(C(F)(F)F)c2)nn(Cc2ccc(C#CC(C)C)cc2)c1C. The first-order valence-corrected chi connectivity index (χ1v) is 9.86. The third-order valence-electron chi connectivity index (χ3n) is 5.02. The molecule has 3 nitrogen and oxygen atoms in total. The molecule has 0 aliphatic carbocycles. The van der Waals surface area contributed by atoms with Gasteiger partial charge in [-0.25, -0.2) is 0 Å². The summed E-state index contributed by atoms with van der Waals surface area (Å²) in [7, 11) is 0. The predicted octanol–water partition coefficient (Wildman–Crippen LogP) is 6.11. The fraction of sp³-hybridized carbons (Fsp3) is 0.280. The van der Waals surface area contributed by atoms with E-state index in [1.165, 1.54) is 12.1 Å². The molecular weight excluding hydrogens is 399 g/mol. The Labute approximate surface area is 180 Å². The van der Waals surface area contributed by atoms with E-state index in [2.05, 4.69) is 16.9 Å². The van der Waals surface area contributed by atoms with Crippen molar-refractivity contribution in [3.63, 3.8) is 0 Å². The maximum Gasteiger partial charge on any atom is 0.417 e. The molecule has 1 heterocycles. The van der Waals surface area contributed by atoms with Gasteiger partial charge in [-0.15, -0.1) is 0 Å². The van der Waals surface area contributed by atoms with Crippen LogP contribution >= 0.6 is 0 Å². The molecule has 0 bridgehead atoms. The van der Waals surface area contributed by atoms with E-state index in [0.29, 0.717) is 23.7 Å². The van der Waals surface area contributed by atoms with Crippen LogP contribution in [0.15, 0.2) is 42.5 Å². The highest BCUT2D eigenvalue weighted by Crippen LogP contribution is 2.35. The average Bonchev–Trinajstić information content (AvgIpc) is 3.00. The minimum Gasteiger partial charge on any atom is -0.265 e. The van der Waals surface area contributed by atoms with Gasteiger partial charge in [-0.05, 0) is 49.2 Å². The van der Waals surface area contributed by atoms with Gasteiger partial charge in [0.25, 0.3) is 0 Å². The first-order valence-electron chi connectivity index (χ1n) is 9.86. The maximum absolute atomic E-state index is 13.3. The van der Waals surface area contributed by atoms with E-state index < -0.39 is 17.3 Å². The highest BCUT2D eigenvalue weighted by atomic mass is 19.4. The van der Waals surface area contributed by atoms with Crippen LogP contribution in [0.4, 0.5) is 13.2 Å². The molecule has 0 saturated carbocycles. The number of halogens is 3. The summed E-state index contributed by atoms with van der Waals surface area (Å²) < 4.78 is 41.8. The van der Waals surface area contributed by atoms with Crippen LogP contribution in [0.3, 0.4) is 0 Å². The molecule has 6 heteroatoms. The minimum atomic E-state index is -4.60. The van der Waals surface area contributed by atoms with Gasteiger partial charge in [-0.3, -0.25) is 4.68 Å². The molecule has 158 valence electrons. The van der Waals surface area contributed by atoms with Gasteiger partial charge in [-0.2, -0.15) is 23.5 Å². The van der Waals surface area contributed by atoms with Gasteiger partial charge in [0.2, 0.25) is 0 Å². The maximum atomic E-state index is 13.3. The summed E-state index contributed by atoms with van der Waals surface area (Å²) in [5, 5.41) is 13.6. The number of hydrogen-bond donors (Lipinski definition) is 0. The Kier molecular flexibility index (Phi) is 6.22. The van der Waals surface area contributed by atoms with Crippen LogP contribution < -0.4 is 0 Å². The van der Waals surface area contributed by atoms with Crippen molar-refractivity contribution in [1.82, 2.24) is 9.78 Å². The molecule has 0 atom stereocenters. The van der Waals surface area contributed by atoms with Gasteiger partial charge < -0.3 is 0 Å². The van der Waals surface area contributed by atoms with Crippen molar-refractivity contribution in [3.05, 3.63) is 76.0 Å². The van der Waals surface area contributed by atoms with E-state index >= 15 is 0 Å². The van der Waals surface area contributed by atoms with E-state index in [4.69, 9.17) is 5.26 Å². The number of hydrogen-bond acceptors (Lipinski definition) is 2. The molecule has 0 unspecified atom stereocenters. The molecule has 0 spiro atoms. The fourth-order valence-electron chi connectivity index (χ4n) is 3.18. The molecule has 0 radical (unpaired) electrons. The van der Waals surface area contributed by atoms with Crippen LogP contribution in [0, 0.1) is 42.9 Å².